The van der Waals surface area contributed by atoms with Crippen molar-refractivity contribution in [2.24, 2.45) is 0 Å². The van der Waals surface area contributed by atoms with E-state index >= 15 is 0 Å². The Labute approximate surface area is 176 Å². The molecule has 2 fully saturated rings. The van der Waals surface area contributed by atoms with E-state index in [2.05, 4.69) is 6.07 Å². The molecule has 1 spiro atoms. The molecule has 2 saturated heterocycles. The monoisotopic (exact) mass is 403 g/mol. The molecule has 30 heavy (non-hydrogen) atoms. The van der Waals surface area contributed by atoms with Crippen molar-refractivity contribution in [3.05, 3.63) is 59.7 Å². The summed E-state index contributed by atoms with van der Waals surface area (Å²) in [6.07, 6.45) is 0.378. The number of aliphatic hydroxyl groups excluding tert-OH is 1. The second kappa shape index (κ2) is 7.58. The van der Waals surface area contributed by atoms with Crippen LogP contribution in [0.4, 0.5) is 0 Å². The first-order valence-electron chi connectivity index (χ1n) is 10.2. The van der Waals surface area contributed by atoms with Crippen molar-refractivity contribution in [1.29, 1.82) is 5.26 Å². The summed E-state index contributed by atoms with van der Waals surface area (Å²) in [5.74, 6) is 0.0122. The van der Waals surface area contributed by atoms with Crippen molar-refractivity contribution in [2.75, 3.05) is 19.7 Å². The maximum atomic E-state index is 12.6. The van der Waals surface area contributed by atoms with Crippen LogP contribution < -0.4 is 0 Å². The Hall–Kier alpha value is -3.17. The molecule has 1 N–H and O–H groups in total. The number of aliphatic hydroxyl groups is 1. The maximum Gasteiger partial charge on any atom is 0.223 e. The van der Waals surface area contributed by atoms with Crippen LogP contribution in [0.5, 0.6) is 0 Å². The molecular weight excluding hydrogens is 378 g/mol. The number of nitriles is 1. The van der Waals surface area contributed by atoms with Crippen LogP contribution in [0, 0.1) is 11.3 Å². The molecule has 6 heteroatoms. The summed E-state index contributed by atoms with van der Waals surface area (Å²) in [5.41, 5.74) is 3.32. The van der Waals surface area contributed by atoms with Crippen molar-refractivity contribution < 1.29 is 14.7 Å². The molecule has 2 aliphatic rings. The molecule has 0 unspecified atom stereocenters. The van der Waals surface area contributed by atoms with E-state index in [4.69, 9.17) is 5.26 Å². The van der Waals surface area contributed by atoms with Gasteiger partial charge in [0.25, 0.3) is 0 Å². The summed E-state index contributed by atoms with van der Waals surface area (Å²) in [6, 6.07) is 17.5. The third-order valence-corrected chi connectivity index (χ3v) is 6.53. The van der Waals surface area contributed by atoms with E-state index in [9.17, 15) is 14.7 Å². The van der Waals surface area contributed by atoms with E-state index in [1.165, 1.54) is 0 Å². The molecule has 154 valence electrons. The normalized spacial score (nSPS) is 21.5. The van der Waals surface area contributed by atoms with Crippen LogP contribution in [-0.2, 0) is 9.59 Å². The lowest BCUT2D eigenvalue weighted by Gasteiger charge is -2.70. The van der Waals surface area contributed by atoms with Crippen LogP contribution in [0.1, 0.15) is 37.3 Å². The summed E-state index contributed by atoms with van der Waals surface area (Å²) in [5, 5.41) is 19.0. The Kier molecular flexibility index (Phi) is 5.08. The average Bonchev–Trinajstić information content (AvgIpc) is 2.72. The lowest BCUT2D eigenvalue weighted by molar-refractivity contribution is -0.202. The molecule has 2 aliphatic heterocycles. The highest BCUT2D eigenvalue weighted by Gasteiger charge is 2.67. The van der Waals surface area contributed by atoms with Gasteiger partial charge in [0.1, 0.15) is 0 Å². The molecule has 0 radical (unpaired) electrons. The van der Waals surface area contributed by atoms with Crippen LogP contribution >= 0.6 is 0 Å². The van der Waals surface area contributed by atoms with Crippen LogP contribution in [0.2, 0.25) is 0 Å². The third-order valence-electron chi connectivity index (χ3n) is 6.53. The molecule has 2 atom stereocenters. The molecule has 6 nitrogen and oxygen atoms in total. The molecule has 0 bridgehead atoms. The molecule has 0 aromatic heterocycles. The molecule has 0 aliphatic carbocycles. The lowest BCUT2D eigenvalue weighted by Crippen LogP contribution is -2.85. The van der Waals surface area contributed by atoms with Gasteiger partial charge in [-0.3, -0.25) is 9.59 Å². The number of rotatable bonds is 4. The van der Waals surface area contributed by atoms with Crippen LogP contribution in [0.15, 0.2) is 48.5 Å². The third kappa shape index (κ3) is 2.98. The fourth-order valence-electron chi connectivity index (χ4n) is 5.03. The highest BCUT2D eigenvalue weighted by Crippen LogP contribution is 2.54. The number of carbonyl (C=O) groups is 2. The number of nitrogens with zero attached hydrogens (tertiary/aromatic N) is 3. The molecule has 4 rings (SSSR count). The number of carbonyl (C=O) groups excluding carboxylic acids is 2. The fraction of sp³-hybridized carbons (Fsp3) is 0.375. The van der Waals surface area contributed by atoms with E-state index in [0.29, 0.717) is 25.1 Å². The smallest absolute Gasteiger partial charge is 0.223 e. The van der Waals surface area contributed by atoms with Gasteiger partial charge in [0.2, 0.25) is 11.8 Å². The van der Waals surface area contributed by atoms with Crippen LogP contribution in [-0.4, -0.2) is 58.0 Å². The Morgan fingerprint density at radius 1 is 1.10 bits per heavy atom. The molecular formula is C24H25N3O3. The summed E-state index contributed by atoms with van der Waals surface area (Å²) in [6.45, 7) is 4.28. The van der Waals surface area contributed by atoms with Gasteiger partial charge in [0.05, 0.1) is 29.8 Å². The van der Waals surface area contributed by atoms with Gasteiger partial charge in [-0.2, -0.15) is 5.26 Å². The van der Waals surface area contributed by atoms with Crippen molar-refractivity contribution in [2.45, 2.75) is 37.8 Å². The average molecular weight is 403 g/mol. The quantitative estimate of drug-likeness (QED) is 0.850. The SMILES string of the molecule is CCC(=O)N1[C@@H](CO)[C@H](c2ccc(-c3ccc(C#N)cc3)cc2)C12CN(C(C)=O)C2. The second-order valence-electron chi connectivity index (χ2n) is 8.13. The van der Waals surface area contributed by atoms with Gasteiger partial charge in [-0.25, -0.2) is 0 Å². The first kappa shape index (κ1) is 20.1. The highest BCUT2D eigenvalue weighted by molar-refractivity contribution is 5.82. The number of amides is 2. The van der Waals surface area contributed by atoms with E-state index in [-0.39, 0.29) is 30.4 Å². The Bertz CT molecular complexity index is 1000. The first-order chi connectivity index (χ1) is 14.4. The van der Waals surface area contributed by atoms with E-state index in [1.54, 1.807) is 24.0 Å². The largest absolute Gasteiger partial charge is 0.394 e. The van der Waals surface area contributed by atoms with E-state index < -0.39 is 5.54 Å². The summed E-state index contributed by atoms with van der Waals surface area (Å²) in [7, 11) is 0. The molecule has 2 amide bonds. The summed E-state index contributed by atoms with van der Waals surface area (Å²) in [4.78, 5) is 28.0. The van der Waals surface area contributed by atoms with E-state index in [0.717, 1.165) is 16.7 Å². The topological polar surface area (TPSA) is 84.6 Å². The molecule has 2 aromatic carbocycles. The number of hydrogen-bond donors (Lipinski definition) is 1. The number of hydrogen-bond acceptors (Lipinski definition) is 4. The maximum absolute atomic E-state index is 12.6. The minimum atomic E-state index is -0.428. The van der Waals surface area contributed by atoms with Crippen molar-refractivity contribution in [3.63, 3.8) is 0 Å². The first-order valence-corrected chi connectivity index (χ1v) is 10.2. The number of benzene rings is 2. The zero-order chi connectivity index (χ0) is 21.5. The van der Waals surface area contributed by atoms with Gasteiger partial charge >= 0.3 is 0 Å². The Morgan fingerprint density at radius 2 is 1.67 bits per heavy atom. The van der Waals surface area contributed by atoms with Crippen molar-refractivity contribution in [3.8, 4) is 17.2 Å². The minimum Gasteiger partial charge on any atom is -0.394 e. The van der Waals surface area contributed by atoms with Gasteiger partial charge in [0, 0.05) is 32.4 Å². The predicted octanol–water partition coefficient (Wildman–Crippen LogP) is 2.52. The fourth-order valence-corrected chi connectivity index (χ4v) is 5.03. The Balaban J connectivity index is 1.63. The molecule has 0 saturated carbocycles. The second-order valence-corrected chi connectivity index (χ2v) is 8.13. The summed E-state index contributed by atoms with van der Waals surface area (Å²) >= 11 is 0. The van der Waals surface area contributed by atoms with Gasteiger partial charge in [-0.1, -0.05) is 43.3 Å². The molecule has 2 aromatic rings. The summed E-state index contributed by atoms with van der Waals surface area (Å²) < 4.78 is 0. The highest BCUT2D eigenvalue weighted by atomic mass is 16.3. The van der Waals surface area contributed by atoms with Gasteiger partial charge < -0.3 is 14.9 Å². The predicted molar refractivity (Wildman–Crippen MR) is 112 cm³/mol. The zero-order valence-corrected chi connectivity index (χ0v) is 17.2. The van der Waals surface area contributed by atoms with Crippen molar-refractivity contribution >= 4 is 11.8 Å². The minimum absolute atomic E-state index is 0.00637. The van der Waals surface area contributed by atoms with Crippen molar-refractivity contribution in [1.82, 2.24) is 9.80 Å². The zero-order valence-electron chi connectivity index (χ0n) is 17.2. The Morgan fingerprint density at radius 3 is 2.13 bits per heavy atom. The standard InChI is InChI=1S/C24H25N3O3/c1-3-22(30)27-21(13-28)23(24(27)14-26(15-24)16(2)29)20-10-8-19(9-11-20)18-6-4-17(12-25)5-7-18/h4-11,21,23,28H,3,13-15H2,1-2H3/t21-,23-/m0/s1. The van der Waals surface area contributed by atoms with Gasteiger partial charge in [-0.15, -0.1) is 0 Å². The molecule has 2 heterocycles. The van der Waals surface area contributed by atoms with Gasteiger partial charge in [-0.05, 0) is 28.8 Å². The van der Waals surface area contributed by atoms with Crippen LogP contribution in [0.3, 0.4) is 0 Å². The number of likely N-dealkylation sites (tertiary alicyclic amines) is 2. The van der Waals surface area contributed by atoms with Crippen LogP contribution in [0.25, 0.3) is 11.1 Å². The van der Waals surface area contributed by atoms with Gasteiger partial charge in [0.15, 0.2) is 0 Å². The lowest BCUT2D eigenvalue weighted by atomic mass is 9.60. The van der Waals surface area contributed by atoms with E-state index in [1.807, 2.05) is 48.2 Å².